The molecule has 0 bridgehead atoms. The van der Waals surface area contributed by atoms with Gasteiger partial charge in [-0.25, -0.2) is 8.78 Å². The van der Waals surface area contributed by atoms with Crippen molar-refractivity contribution in [2.75, 3.05) is 13.1 Å². The van der Waals surface area contributed by atoms with Crippen LogP contribution in [0.15, 0.2) is 61.1 Å². The van der Waals surface area contributed by atoms with Gasteiger partial charge in [0.05, 0.1) is 23.5 Å². The molecule has 162 valence electrons. The molecule has 0 radical (unpaired) electrons. The number of nitrogens with one attached hydrogen (secondary N) is 1. The van der Waals surface area contributed by atoms with Crippen LogP contribution in [0.5, 0.6) is 5.88 Å². The number of benzene rings is 2. The van der Waals surface area contributed by atoms with E-state index in [-0.39, 0.29) is 11.7 Å². The number of fused-ring (bicyclic) bond motifs is 1. The molecule has 1 spiro atoms. The number of rotatable bonds is 4. The predicted molar refractivity (Wildman–Crippen MR) is 118 cm³/mol. The molecule has 6 rings (SSSR count). The Bertz CT molecular complexity index is 1290. The van der Waals surface area contributed by atoms with Gasteiger partial charge in [-0.2, -0.15) is 4.98 Å². The smallest absolute Gasteiger partial charge is 0.234 e. The third-order valence-corrected chi connectivity index (χ3v) is 6.76. The van der Waals surface area contributed by atoms with Gasteiger partial charge >= 0.3 is 0 Å². The van der Waals surface area contributed by atoms with E-state index in [0.717, 1.165) is 30.4 Å². The van der Waals surface area contributed by atoms with E-state index < -0.39 is 11.6 Å². The molecule has 1 atom stereocenters. The van der Waals surface area contributed by atoms with Crippen molar-refractivity contribution in [3.05, 3.63) is 72.7 Å². The molecule has 4 aromatic rings. The van der Waals surface area contributed by atoms with Gasteiger partial charge in [0.15, 0.2) is 5.82 Å². The fraction of sp³-hybridized carbons (Fsp3) is 0.280. The standard InChI is InChI=1S/C25H22F2N4O/c26-18-2-1-3-19(27)24(18)17-4-5-20-16(12-17)6-11-31(20)22-14-29-15-23(30-22)32-21-13-28-10-9-25(21)7-8-25/h1-6,11-12,14-15,21,28H,7-10,13H2/t21-/m0/s1. The van der Waals surface area contributed by atoms with E-state index in [1.54, 1.807) is 24.5 Å². The van der Waals surface area contributed by atoms with Crippen molar-refractivity contribution >= 4 is 10.9 Å². The molecule has 1 saturated carbocycles. The first kappa shape index (κ1) is 19.4. The van der Waals surface area contributed by atoms with Crippen molar-refractivity contribution in [2.24, 2.45) is 5.41 Å². The van der Waals surface area contributed by atoms with Crippen molar-refractivity contribution < 1.29 is 13.5 Å². The molecule has 5 nitrogen and oxygen atoms in total. The van der Waals surface area contributed by atoms with Crippen molar-refractivity contribution in [2.45, 2.75) is 25.4 Å². The van der Waals surface area contributed by atoms with Crippen LogP contribution >= 0.6 is 0 Å². The molecule has 2 aliphatic rings. The van der Waals surface area contributed by atoms with Crippen LogP contribution in [0.2, 0.25) is 0 Å². The third kappa shape index (κ3) is 3.24. The van der Waals surface area contributed by atoms with Gasteiger partial charge in [-0.05, 0) is 61.7 Å². The lowest BCUT2D eigenvalue weighted by Gasteiger charge is -2.32. The van der Waals surface area contributed by atoms with Crippen molar-refractivity contribution in [3.8, 4) is 22.8 Å². The van der Waals surface area contributed by atoms with Crippen LogP contribution < -0.4 is 10.1 Å². The fourth-order valence-electron chi connectivity index (χ4n) is 4.78. The molecular formula is C25H22F2N4O. The second kappa shape index (κ2) is 7.38. The molecule has 1 aliphatic heterocycles. The largest absolute Gasteiger partial charge is 0.471 e. The zero-order valence-electron chi connectivity index (χ0n) is 17.4. The molecule has 1 aliphatic carbocycles. The highest BCUT2D eigenvalue weighted by Crippen LogP contribution is 2.53. The molecule has 2 aromatic heterocycles. The summed E-state index contributed by atoms with van der Waals surface area (Å²) in [7, 11) is 0. The molecule has 1 saturated heterocycles. The van der Waals surface area contributed by atoms with Crippen LogP contribution in [0.1, 0.15) is 19.3 Å². The Morgan fingerprint density at radius 3 is 2.69 bits per heavy atom. The Morgan fingerprint density at radius 2 is 1.88 bits per heavy atom. The minimum absolute atomic E-state index is 0.0209. The quantitative estimate of drug-likeness (QED) is 0.499. The minimum atomic E-state index is -0.579. The van der Waals surface area contributed by atoms with E-state index in [4.69, 9.17) is 9.72 Å². The number of aromatic nitrogens is 3. The number of nitrogens with zero attached hydrogens (tertiary/aromatic N) is 3. The first-order valence-corrected chi connectivity index (χ1v) is 10.9. The third-order valence-electron chi connectivity index (χ3n) is 6.76. The zero-order valence-corrected chi connectivity index (χ0v) is 17.4. The first-order valence-electron chi connectivity index (χ1n) is 10.9. The average molecular weight is 432 g/mol. The van der Waals surface area contributed by atoms with E-state index in [1.807, 2.05) is 22.9 Å². The SMILES string of the molecule is Fc1cccc(F)c1-c1ccc2c(ccn2-c2cncc(O[C@H]3CNCCC34CC4)n2)c1. The Morgan fingerprint density at radius 1 is 1.03 bits per heavy atom. The number of piperidine rings is 1. The van der Waals surface area contributed by atoms with Crippen LogP contribution in [-0.2, 0) is 0 Å². The molecule has 1 N–H and O–H groups in total. The van der Waals surface area contributed by atoms with Gasteiger partial charge in [-0.15, -0.1) is 0 Å². The maximum atomic E-state index is 14.2. The van der Waals surface area contributed by atoms with Crippen LogP contribution in [-0.4, -0.2) is 33.7 Å². The van der Waals surface area contributed by atoms with E-state index in [2.05, 4.69) is 10.3 Å². The number of hydrogen-bond acceptors (Lipinski definition) is 4. The van der Waals surface area contributed by atoms with Crippen molar-refractivity contribution in [1.29, 1.82) is 0 Å². The Balaban J connectivity index is 1.32. The zero-order chi connectivity index (χ0) is 21.7. The highest BCUT2D eigenvalue weighted by Gasteiger charge is 2.52. The number of halogens is 2. The van der Waals surface area contributed by atoms with Crippen LogP contribution in [0.3, 0.4) is 0 Å². The molecule has 0 unspecified atom stereocenters. The normalized spacial score (nSPS) is 19.4. The van der Waals surface area contributed by atoms with Gasteiger partial charge in [0.25, 0.3) is 0 Å². The number of ether oxygens (including phenoxy) is 1. The van der Waals surface area contributed by atoms with Crippen LogP contribution in [0.4, 0.5) is 8.78 Å². The van der Waals surface area contributed by atoms with Gasteiger partial charge in [0.2, 0.25) is 5.88 Å². The topological polar surface area (TPSA) is 52.0 Å². The minimum Gasteiger partial charge on any atom is -0.471 e. The van der Waals surface area contributed by atoms with Gasteiger partial charge in [0, 0.05) is 23.5 Å². The van der Waals surface area contributed by atoms with Crippen molar-refractivity contribution in [1.82, 2.24) is 19.9 Å². The molecule has 0 amide bonds. The summed E-state index contributed by atoms with van der Waals surface area (Å²) in [5.41, 5.74) is 1.64. The molecule has 3 heterocycles. The van der Waals surface area contributed by atoms with Gasteiger partial charge in [-0.3, -0.25) is 9.55 Å². The summed E-state index contributed by atoms with van der Waals surface area (Å²) in [6.45, 7) is 1.87. The van der Waals surface area contributed by atoms with Crippen LogP contribution in [0.25, 0.3) is 27.8 Å². The monoisotopic (exact) mass is 432 g/mol. The van der Waals surface area contributed by atoms with E-state index in [0.29, 0.717) is 22.7 Å². The Hall–Kier alpha value is -3.32. The maximum Gasteiger partial charge on any atom is 0.234 e. The second-order valence-corrected chi connectivity index (χ2v) is 8.69. The van der Waals surface area contributed by atoms with Crippen molar-refractivity contribution in [3.63, 3.8) is 0 Å². The molecular weight excluding hydrogens is 410 g/mol. The van der Waals surface area contributed by atoms with E-state index in [9.17, 15) is 8.78 Å². The summed E-state index contributed by atoms with van der Waals surface area (Å²) in [5, 5.41) is 4.27. The molecule has 32 heavy (non-hydrogen) atoms. The second-order valence-electron chi connectivity index (χ2n) is 8.69. The lowest BCUT2D eigenvalue weighted by molar-refractivity contribution is 0.0842. The lowest BCUT2D eigenvalue weighted by atomic mass is 9.92. The summed E-state index contributed by atoms with van der Waals surface area (Å²) in [6.07, 6.45) is 8.88. The summed E-state index contributed by atoms with van der Waals surface area (Å²) in [6, 6.07) is 11.1. The van der Waals surface area contributed by atoms with Crippen LogP contribution in [0, 0.1) is 17.0 Å². The Labute approximate surface area is 184 Å². The van der Waals surface area contributed by atoms with Gasteiger partial charge in [-0.1, -0.05) is 12.1 Å². The highest BCUT2D eigenvalue weighted by atomic mass is 19.1. The summed E-state index contributed by atoms with van der Waals surface area (Å²) in [4.78, 5) is 9.03. The summed E-state index contributed by atoms with van der Waals surface area (Å²) < 4.78 is 36.6. The van der Waals surface area contributed by atoms with Gasteiger partial charge < -0.3 is 10.1 Å². The molecule has 2 aromatic carbocycles. The average Bonchev–Trinajstić information content (AvgIpc) is 3.44. The molecule has 2 fully saturated rings. The van der Waals surface area contributed by atoms with E-state index >= 15 is 0 Å². The molecule has 7 heteroatoms. The summed E-state index contributed by atoms with van der Waals surface area (Å²) >= 11 is 0. The first-order chi connectivity index (χ1) is 15.6. The van der Waals surface area contributed by atoms with E-state index in [1.165, 1.54) is 31.0 Å². The highest BCUT2D eigenvalue weighted by molar-refractivity contribution is 5.87. The maximum absolute atomic E-state index is 14.2. The predicted octanol–water partition coefficient (Wildman–Crippen LogP) is 4.89. The summed E-state index contributed by atoms with van der Waals surface area (Å²) in [5.74, 6) is -0.0133. The fourth-order valence-corrected chi connectivity index (χ4v) is 4.78. The van der Waals surface area contributed by atoms with Gasteiger partial charge in [0.1, 0.15) is 17.7 Å². The Kier molecular flexibility index (Phi) is 4.47. The number of hydrogen-bond donors (Lipinski definition) is 1. The lowest BCUT2D eigenvalue weighted by Crippen LogP contribution is -2.45.